The van der Waals surface area contributed by atoms with Gasteiger partial charge in [-0.05, 0) is 76.2 Å². The van der Waals surface area contributed by atoms with Gasteiger partial charge in [-0.25, -0.2) is 0 Å². The van der Waals surface area contributed by atoms with Gasteiger partial charge in [-0.15, -0.1) is 0 Å². The maximum absolute atomic E-state index is 12.4. The van der Waals surface area contributed by atoms with Gasteiger partial charge in [0.1, 0.15) is 33.6 Å². The first kappa shape index (κ1) is 32.3. The van der Waals surface area contributed by atoms with Gasteiger partial charge in [0.25, 0.3) is 0 Å². The van der Waals surface area contributed by atoms with Crippen molar-refractivity contribution in [1.82, 2.24) is 5.32 Å². The fourth-order valence-corrected chi connectivity index (χ4v) is 6.56. The molecule has 37 heavy (non-hydrogen) atoms. The highest BCUT2D eigenvalue weighted by molar-refractivity contribution is 5.74. The Kier molecular flexibility index (Phi) is 7.47. The van der Waals surface area contributed by atoms with E-state index < -0.39 is 75.2 Å². The first-order valence-corrected chi connectivity index (χ1v) is 12.6. The fraction of sp³-hybridized carbons (Fsp3) is 0.962. The zero-order valence-electron chi connectivity index (χ0n) is 24.8. The molecule has 218 valence electrons. The van der Waals surface area contributed by atoms with E-state index in [1.54, 1.807) is 48.5 Å². The summed E-state index contributed by atoms with van der Waals surface area (Å²) < 4.78 is 25.3. The van der Waals surface area contributed by atoms with Gasteiger partial charge in [0, 0.05) is 14.0 Å². The van der Waals surface area contributed by atoms with Crippen LogP contribution in [0.15, 0.2) is 0 Å². The first-order chi connectivity index (χ1) is 16.2. The molecule has 4 unspecified atom stereocenters. The molecule has 0 aromatic heterocycles. The monoisotopic (exact) mass is 534 g/mol. The molecule has 0 radical (unpaired) electrons. The van der Waals surface area contributed by atoms with E-state index in [0.29, 0.717) is 0 Å². The summed E-state index contributed by atoms with van der Waals surface area (Å²) in [7, 11) is 1.39. The predicted octanol–water partition coefficient (Wildman–Crippen LogP) is 0.338. The van der Waals surface area contributed by atoms with Crippen LogP contribution in [-0.4, -0.2) is 103 Å². The summed E-state index contributed by atoms with van der Waals surface area (Å²) in [4.78, 5) is 12.3. The van der Waals surface area contributed by atoms with E-state index in [0.717, 1.165) is 0 Å². The average molecular weight is 535 g/mol. The third kappa shape index (κ3) is 3.62. The molecule has 7 N–H and O–H groups in total. The zero-order chi connectivity index (χ0) is 29.5. The third-order valence-electron chi connectivity index (χ3n) is 10.7. The number of aliphatic hydroxyl groups excluding tert-OH is 2. The number of nitrogens with one attached hydrogen (secondary N) is 1. The van der Waals surface area contributed by atoms with Crippen molar-refractivity contribution < 1.29 is 44.2 Å². The second kappa shape index (κ2) is 8.55. The number of methoxy groups -OCH3 is 1. The minimum Gasteiger partial charge on any atom is -0.393 e. The Hall–Kier alpha value is -0.890. The van der Waals surface area contributed by atoms with Gasteiger partial charge < -0.3 is 50.4 Å². The average Bonchev–Trinajstić information content (AvgIpc) is 2.74. The van der Waals surface area contributed by atoms with E-state index in [9.17, 15) is 25.2 Å². The number of carbonyl (C=O) groups excluding carboxylic acids is 1. The van der Waals surface area contributed by atoms with Crippen molar-refractivity contribution in [3.05, 3.63) is 0 Å². The summed E-state index contributed by atoms with van der Waals surface area (Å²) in [5.41, 5.74) is -7.76. The lowest BCUT2D eigenvalue weighted by Gasteiger charge is -2.72. The van der Waals surface area contributed by atoms with Crippen molar-refractivity contribution in [1.29, 1.82) is 0 Å². The number of carbonyl (C=O) groups is 1. The summed E-state index contributed by atoms with van der Waals surface area (Å²) in [5.74, 6) is -2.33. The van der Waals surface area contributed by atoms with Crippen LogP contribution >= 0.6 is 0 Å². The number of amides is 1. The molecule has 9 atom stereocenters. The van der Waals surface area contributed by atoms with E-state index in [4.69, 9.17) is 24.7 Å². The molecule has 1 amide bonds. The van der Waals surface area contributed by atoms with E-state index in [1.165, 1.54) is 41.7 Å². The third-order valence-corrected chi connectivity index (χ3v) is 10.7. The van der Waals surface area contributed by atoms with E-state index in [1.807, 2.05) is 0 Å². The van der Waals surface area contributed by atoms with Crippen molar-refractivity contribution >= 4 is 5.91 Å². The van der Waals surface area contributed by atoms with Crippen molar-refractivity contribution in [2.24, 2.45) is 5.73 Å². The molecule has 2 saturated heterocycles. The lowest BCUT2D eigenvalue weighted by Crippen LogP contribution is -2.92. The lowest BCUT2D eigenvalue weighted by atomic mass is 9.56. The standard InChI is InChI=1S/C26H50N2O9/c1-16(31)28-21(7)17(2,3)35-19(5,15-30)25(11,23(21,9)33)37-26(12)20(6,27)22(8,32)24(10,34-13)18(4,14-29)36-26/h29-30,32-33H,14-15,27H2,1-13H3,(H,28,31)/t18?,19-,20?,21?,22+,23?,24+,25+,26-/m0/s1. The van der Waals surface area contributed by atoms with Crippen LogP contribution in [0.3, 0.4) is 0 Å². The Bertz CT molecular complexity index is 924. The lowest BCUT2D eigenvalue weighted by molar-refractivity contribution is -0.476. The Balaban J connectivity index is 2.88. The summed E-state index contributed by atoms with van der Waals surface area (Å²) in [6, 6.07) is 0. The molecule has 2 aliphatic heterocycles. The molecule has 2 heterocycles. The summed E-state index contributed by atoms with van der Waals surface area (Å²) in [6.45, 7) is 17.5. The van der Waals surface area contributed by atoms with Gasteiger partial charge in [-0.2, -0.15) is 0 Å². The second-order valence-corrected chi connectivity index (χ2v) is 13.0. The van der Waals surface area contributed by atoms with Gasteiger partial charge in [0.15, 0.2) is 5.79 Å². The van der Waals surface area contributed by atoms with Crippen LogP contribution in [-0.2, 0) is 23.7 Å². The molecule has 0 spiro atoms. The normalized spacial score (nSPS) is 54.1. The van der Waals surface area contributed by atoms with Crippen LogP contribution < -0.4 is 11.1 Å². The zero-order valence-corrected chi connectivity index (χ0v) is 24.8. The van der Waals surface area contributed by atoms with Crippen molar-refractivity contribution in [2.45, 2.75) is 139 Å². The molecule has 11 nitrogen and oxygen atoms in total. The Morgan fingerprint density at radius 1 is 0.811 bits per heavy atom. The predicted molar refractivity (Wildman–Crippen MR) is 137 cm³/mol. The molecule has 2 rings (SSSR count). The minimum atomic E-state index is -1.93. The molecule has 2 fully saturated rings. The molecule has 11 heteroatoms. The highest BCUT2D eigenvalue weighted by atomic mass is 16.7. The highest BCUT2D eigenvalue weighted by Crippen LogP contribution is 2.60. The Labute approximate surface area is 221 Å². The van der Waals surface area contributed by atoms with Crippen molar-refractivity contribution in [2.75, 3.05) is 20.3 Å². The molecule has 0 aliphatic carbocycles. The van der Waals surface area contributed by atoms with Crippen molar-refractivity contribution in [3.8, 4) is 0 Å². The first-order valence-electron chi connectivity index (χ1n) is 12.6. The maximum Gasteiger partial charge on any atom is 0.217 e. The Morgan fingerprint density at radius 2 is 1.24 bits per heavy atom. The molecule has 0 aromatic rings. The van der Waals surface area contributed by atoms with E-state index in [-0.39, 0.29) is 0 Å². The smallest absolute Gasteiger partial charge is 0.217 e. The highest BCUT2D eigenvalue weighted by Gasteiger charge is 2.80. The van der Waals surface area contributed by atoms with Crippen LogP contribution in [0.4, 0.5) is 0 Å². The van der Waals surface area contributed by atoms with Crippen LogP contribution in [0.25, 0.3) is 0 Å². The van der Waals surface area contributed by atoms with E-state index in [2.05, 4.69) is 5.32 Å². The van der Waals surface area contributed by atoms with Crippen LogP contribution in [0.5, 0.6) is 0 Å². The largest absolute Gasteiger partial charge is 0.393 e. The van der Waals surface area contributed by atoms with Crippen LogP contribution in [0.1, 0.15) is 83.1 Å². The second-order valence-electron chi connectivity index (χ2n) is 13.0. The maximum atomic E-state index is 12.4. The number of nitrogens with two attached hydrogens (primary N) is 1. The van der Waals surface area contributed by atoms with Gasteiger partial charge in [-0.1, -0.05) is 0 Å². The number of rotatable bonds is 6. The van der Waals surface area contributed by atoms with Gasteiger partial charge >= 0.3 is 0 Å². The van der Waals surface area contributed by atoms with Crippen LogP contribution in [0.2, 0.25) is 0 Å². The molecular weight excluding hydrogens is 484 g/mol. The number of ether oxygens (including phenoxy) is 4. The molecule has 0 aromatic carbocycles. The fourth-order valence-electron chi connectivity index (χ4n) is 6.56. The quantitative estimate of drug-likeness (QED) is 0.279. The number of hydrogen-bond donors (Lipinski definition) is 6. The van der Waals surface area contributed by atoms with E-state index >= 15 is 0 Å². The molecular formula is C26H50N2O9. The number of hydrogen-bond acceptors (Lipinski definition) is 10. The topological polar surface area (TPSA) is 173 Å². The van der Waals surface area contributed by atoms with Gasteiger partial charge in [-0.3, -0.25) is 4.79 Å². The number of aliphatic hydroxyl groups is 4. The molecule has 0 saturated carbocycles. The minimum absolute atomic E-state index is 0.412. The summed E-state index contributed by atoms with van der Waals surface area (Å²) in [6.07, 6.45) is 0. The summed E-state index contributed by atoms with van der Waals surface area (Å²) >= 11 is 0. The molecule has 2 aliphatic rings. The SMILES string of the molecule is CO[C@]1(C)C(C)(CO)O[C@@](C)(O[C@@]2(C)C(C)(O)C(C)(NC(C)=O)C(C)(C)O[C@@]2(C)CO)C(C)(N)[C@@]1(C)O. The van der Waals surface area contributed by atoms with Gasteiger partial charge in [0.2, 0.25) is 5.91 Å². The van der Waals surface area contributed by atoms with Gasteiger partial charge in [0.05, 0.1) is 29.9 Å². The van der Waals surface area contributed by atoms with Crippen molar-refractivity contribution in [3.63, 3.8) is 0 Å². The van der Waals surface area contributed by atoms with Crippen LogP contribution in [0, 0.1) is 0 Å². The molecule has 0 bridgehead atoms. The Morgan fingerprint density at radius 3 is 1.62 bits per heavy atom. The summed E-state index contributed by atoms with van der Waals surface area (Å²) in [5, 5.41) is 48.2.